The van der Waals surface area contributed by atoms with Gasteiger partial charge in [0, 0.05) is 18.3 Å². The first kappa shape index (κ1) is 21.2. The number of nitrogens with one attached hydrogen (secondary N) is 2. The van der Waals surface area contributed by atoms with E-state index in [0.717, 1.165) is 17.8 Å². The predicted molar refractivity (Wildman–Crippen MR) is 125 cm³/mol. The Morgan fingerprint density at radius 2 is 2.30 bits per heavy atom. The highest BCUT2D eigenvalue weighted by Gasteiger charge is 2.24. The molecular weight excluding hydrogens is 442 g/mol. The molecule has 1 amide bonds. The highest BCUT2D eigenvalue weighted by atomic mass is 35.5. The number of thiazole rings is 1. The summed E-state index contributed by atoms with van der Waals surface area (Å²) in [6, 6.07) is 5.93. The number of ether oxygens (including phenoxy) is 1. The Bertz CT molecular complexity index is 985. The Morgan fingerprint density at radius 1 is 1.40 bits per heavy atom. The van der Waals surface area contributed by atoms with Crippen LogP contribution in [0.15, 0.2) is 34.3 Å². The Hall–Kier alpha value is -2.07. The van der Waals surface area contributed by atoms with Gasteiger partial charge in [0.15, 0.2) is 10.3 Å². The number of piperidine rings is 1. The van der Waals surface area contributed by atoms with Gasteiger partial charge in [-0.1, -0.05) is 29.4 Å². The molecule has 158 valence electrons. The van der Waals surface area contributed by atoms with Crippen LogP contribution in [0.1, 0.15) is 30.6 Å². The molecule has 2 fully saturated rings. The van der Waals surface area contributed by atoms with Crippen LogP contribution < -0.4 is 21.1 Å². The van der Waals surface area contributed by atoms with Gasteiger partial charge in [-0.25, -0.2) is 9.98 Å². The number of nitrogens with two attached hydrogens (primary N) is 1. The molecule has 4 rings (SSSR count). The third kappa shape index (κ3) is 5.54. The topological polar surface area (TPSA) is 102 Å². The molecule has 1 aromatic carbocycles. The number of aromatic nitrogens is 1. The summed E-state index contributed by atoms with van der Waals surface area (Å²) in [5, 5.41) is 7.68. The largest absolute Gasteiger partial charge is 0.493 e. The van der Waals surface area contributed by atoms with E-state index < -0.39 is 0 Å². The quantitative estimate of drug-likeness (QED) is 0.555. The molecule has 1 unspecified atom stereocenters. The maximum Gasteiger partial charge on any atom is 0.264 e. The number of amidine groups is 1. The molecule has 30 heavy (non-hydrogen) atoms. The smallest absolute Gasteiger partial charge is 0.264 e. The summed E-state index contributed by atoms with van der Waals surface area (Å²) in [6.45, 7) is 1.74. The van der Waals surface area contributed by atoms with Crippen molar-refractivity contribution in [3.63, 3.8) is 0 Å². The van der Waals surface area contributed by atoms with E-state index in [1.165, 1.54) is 42.4 Å². The number of nitrogens with zero attached hydrogens (tertiary/aromatic N) is 2. The van der Waals surface area contributed by atoms with Crippen molar-refractivity contribution in [3.05, 3.63) is 39.2 Å². The van der Waals surface area contributed by atoms with Crippen LogP contribution in [0, 0.1) is 0 Å². The van der Waals surface area contributed by atoms with Crippen molar-refractivity contribution in [2.24, 2.45) is 4.99 Å². The second-order valence-electron chi connectivity index (χ2n) is 6.98. The van der Waals surface area contributed by atoms with E-state index in [2.05, 4.69) is 20.6 Å². The van der Waals surface area contributed by atoms with Gasteiger partial charge in [0.1, 0.15) is 5.75 Å². The van der Waals surface area contributed by atoms with Gasteiger partial charge < -0.3 is 21.1 Å². The van der Waals surface area contributed by atoms with Gasteiger partial charge in [0.2, 0.25) is 0 Å². The van der Waals surface area contributed by atoms with Crippen LogP contribution in [0.4, 0.5) is 10.8 Å². The number of aliphatic imine (C=N–C) groups is 1. The second kappa shape index (κ2) is 9.82. The molecule has 0 spiro atoms. The minimum absolute atomic E-state index is 0.210. The monoisotopic (exact) mass is 463 g/mol. The Balaban J connectivity index is 1.36. The third-order valence-electron chi connectivity index (χ3n) is 4.75. The molecular formula is C20H22ClN5O2S2. The summed E-state index contributed by atoms with van der Waals surface area (Å²) in [5.74, 6) is 0.504. The number of benzene rings is 1. The molecule has 0 aliphatic carbocycles. The maximum atomic E-state index is 12.2. The molecule has 10 heteroatoms. The van der Waals surface area contributed by atoms with Crippen LogP contribution in [-0.4, -0.2) is 35.3 Å². The van der Waals surface area contributed by atoms with Crippen molar-refractivity contribution in [1.82, 2.24) is 15.6 Å². The number of anilines is 1. The molecule has 3 heterocycles. The van der Waals surface area contributed by atoms with Crippen LogP contribution in [0.3, 0.4) is 0 Å². The number of thioether (sulfide) groups is 1. The number of nitrogen functional groups attached to an aromatic ring is 1. The van der Waals surface area contributed by atoms with Crippen LogP contribution in [0.2, 0.25) is 5.02 Å². The first-order valence-corrected chi connectivity index (χ1v) is 11.7. The molecule has 2 aliphatic rings. The summed E-state index contributed by atoms with van der Waals surface area (Å²) < 4.78 is 5.85. The van der Waals surface area contributed by atoms with Crippen LogP contribution in [-0.2, 0) is 4.79 Å². The molecule has 0 saturated carbocycles. The first-order chi connectivity index (χ1) is 14.6. The van der Waals surface area contributed by atoms with E-state index in [-0.39, 0.29) is 5.91 Å². The van der Waals surface area contributed by atoms with Crippen molar-refractivity contribution in [3.8, 4) is 5.75 Å². The lowest BCUT2D eigenvalue weighted by Gasteiger charge is -2.23. The minimum Gasteiger partial charge on any atom is -0.493 e. The molecule has 2 saturated heterocycles. The zero-order chi connectivity index (χ0) is 20.9. The Morgan fingerprint density at radius 3 is 3.03 bits per heavy atom. The molecule has 7 nitrogen and oxygen atoms in total. The number of halogens is 1. The van der Waals surface area contributed by atoms with Gasteiger partial charge >= 0.3 is 0 Å². The molecule has 2 aliphatic heterocycles. The van der Waals surface area contributed by atoms with E-state index in [1.807, 2.05) is 6.07 Å². The average Bonchev–Trinajstić information content (AvgIpc) is 3.30. The molecule has 2 aromatic rings. The molecule has 0 radical (unpaired) electrons. The van der Waals surface area contributed by atoms with E-state index in [4.69, 9.17) is 22.1 Å². The summed E-state index contributed by atoms with van der Waals surface area (Å²) in [5.41, 5.74) is 6.21. The van der Waals surface area contributed by atoms with Gasteiger partial charge in [-0.3, -0.25) is 4.79 Å². The van der Waals surface area contributed by atoms with Crippen LogP contribution in [0.5, 0.6) is 5.75 Å². The summed E-state index contributed by atoms with van der Waals surface area (Å²) in [6.07, 6.45) is 8.10. The van der Waals surface area contributed by atoms with E-state index in [9.17, 15) is 4.79 Å². The number of carbonyl (C=O) groups is 1. The zero-order valence-electron chi connectivity index (χ0n) is 16.2. The average molecular weight is 464 g/mol. The Labute approximate surface area is 188 Å². The summed E-state index contributed by atoms with van der Waals surface area (Å²) in [4.78, 5) is 22.0. The number of hydrogen-bond donors (Lipinski definition) is 3. The highest BCUT2D eigenvalue weighted by molar-refractivity contribution is 8.18. The third-order valence-corrected chi connectivity index (χ3v) is 6.74. The molecule has 1 aromatic heterocycles. The number of amides is 1. The maximum absolute atomic E-state index is 12.2. The van der Waals surface area contributed by atoms with Crippen LogP contribution >= 0.6 is 34.7 Å². The van der Waals surface area contributed by atoms with Gasteiger partial charge in [0.25, 0.3) is 5.91 Å². The van der Waals surface area contributed by atoms with E-state index in [0.29, 0.717) is 44.3 Å². The normalized spacial score (nSPS) is 21.9. The summed E-state index contributed by atoms with van der Waals surface area (Å²) in [7, 11) is 0. The lowest BCUT2D eigenvalue weighted by Crippen LogP contribution is -2.35. The van der Waals surface area contributed by atoms with Crippen LogP contribution in [0.25, 0.3) is 6.08 Å². The van der Waals surface area contributed by atoms with Crippen molar-refractivity contribution >= 4 is 62.7 Å². The van der Waals surface area contributed by atoms with Crippen molar-refractivity contribution < 1.29 is 9.53 Å². The Kier molecular flexibility index (Phi) is 6.93. The minimum atomic E-state index is -0.210. The number of rotatable bonds is 6. The summed E-state index contributed by atoms with van der Waals surface area (Å²) >= 11 is 8.96. The lowest BCUT2D eigenvalue weighted by atomic mass is 10.0. The van der Waals surface area contributed by atoms with Crippen molar-refractivity contribution in [2.75, 3.05) is 18.9 Å². The highest BCUT2D eigenvalue weighted by Crippen LogP contribution is 2.33. The van der Waals surface area contributed by atoms with Gasteiger partial charge in [-0.05, 0) is 55.8 Å². The zero-order valence-corrected chi connectivity index (χ0v) is 18.6. The SMILES string of the molecule is Nc1ncc(/C=C2\SC(=Nc3ccc(OCCC4CCCCN4)cc3Cl)NC2=O)s1. The fraction of sp³-hybridized carbons (Fsp3) is 0.350. The number of hydrogen-bond acceptors (Lipinski definition) is 8. The van der Waals surface area contributed by atoms with Gasteiger partial charge in [-0.15, -0.1) is 0 Å². The lowest BCUT2D eigenvalue weighted by molar-refractivity contribution is -0.115. The first-order valence-electron chi connectivity index (χ1n) is 9.73. The fourth-order valence-corrected chi connectivity index (χ4v) is 4.99. The van der Waals surface area contributed by atoms with Crippen molar-refractivity contribution in [2.45, 2.75) is 31.7 Å². The number of carbonyl (C=O) groups excluding carboxylic acids is 1. The second-order valence-corrected chi connectivity index (χ2v) is 9.51. The van der Waals surface area contributed by atoms with Gasteiger partial charge in [0.05, 0.1) is 27.1 Å². The predicted octanol–water partition coefficient (Wildman–Crippen LogP) is 4.18. The molecule has 1 atom stereocenters. The molecule has 0 bridgehead atoms. The molecule has 4 N–H and O–H groups in total. The fourth-order valence-electron chi connectivity index (χ4n) is 3.24. The standard InChI is InChI=1S/C20H22ClN5O2S2/c21-15-9-13(28-8-6-12-3-1-2-7-23-12)4-5-16(15)25-20-26-18(27)17(30-20)10-14-11-24-19(22)29-14/h4-5,9-12,23H,1-3,6-8H2,(H2,22,24)(H,25,26,27)/b17-10-. The van der Waals surface area contributed by atoms with E-state index >= 15 is 0 Å². The van der Waals surface area contributed by atoms with Crippen molar-refractivity contribution in [1.29, 1.82) is 0 Å². The van der Waals surface area contributed by atoms with E-state index in [1.54, 1.807) is 24.4 Å². The van der Waals surface area contributed by atoms with Gasteiger partial charge in [-0.2, -0.15) is 0 Å².